The predicted octanol–water partition coefficient (Wildman–Crippen LogP) is 0.949. The van der Waals surface area contributed by atoms with Gasteiger partial charge in [-0.2, -0.15) is 15.3 Å². The van der Waals surface area contributed by atoms with Crippen LogP contribution in [0.15, 0.2) is 42.4 Å². The van der Waals surface area contributed by atoms with Gasteiger partial charge < -0.3 is 15.4 Å². The topological polar surface area (TPSA) is 116 Å². The average Bonchev–Trinajstić information content (AvgIpc) is 3.07. The molecule has 0 aliphatic rings. The highest BCUT2D eigenvalue weighted by molar-refractivity contribution is 5.97. The Kier molecular flexibility index (Phi) is 5.09. The zero-order chi connectivity index (χ0) is 15.8. The van der Waals surface area contributed by atoms with Crippen LogP contribution in [0.1, 0.15) is 5.56 Å². The van der Waals surface area contributed by atoms with Crippen molar-refractivity contribution in [2.75, 3.05) is 12.4 Å². The highest BCUT2D eigenvalue weighted by Gasteiger charge is 2.08. The molecule has 8 nitrogen and oxygen atoms in total. The number of nitrogens with one attached hydrogen (secondary N) is 3. The molecule has 22 heavy (non-hydrogen) atoms. The quantitative estimate of drug-likeness (QED) is 0.540. The van der Waals surface area contributed by atoms with Gasteiger partial charge >= 0.3 is 0 Å². The van der Waals surface area contributed by atoms with Gasteiger partial charge in [0.1, 0.15) is 23.7 Å². The minimum absolute atomic E-state index is 0.0649. The molecule has 8 heteroatoms. The minimum atomic E-state index is -0.481. The molecule has 0 atom stereocenters. The Hall–Kier alpha value is -3.34. The van der Waals surface area contributed by atoms with Crippen molar-refractivity contribution in [1.29, 1.82) is 5.26 Å². The predicted molar refractivity (Wildman–Crippen MR) is 78.5 cm³/mol. The first-order valence-electron chi connectivity index (χ1n) is 6.36. The van der Waals surface area contributed by atoms with Gasteiger partial charge in [-0.05, 0) is 17.7 Å². The Balaban J connectivity index is 1.91. The molecule has 2 rings (SSSR count). The number of rotatable bonds is 6. The third-order valence-corrected chi connectivity index (χ3v) is 2.75. The molecule has 2 aromatic rings. The molecule has 0 radical (unpaired) electrons. The zero-order valence-electron chi connectivity index (χ0n) is 11.8. The lowest BCUT2D eigenvalue weighted by atomic mass is 10.2. The van der Waals surface area contributed by atoms with E-state index in [0.717, 1.165) is 11.3 Å². The smallest absolute Gasteiger partial charge is 0.263 e. The normalized spacial score (nSPS) is 10.6. The van der Waals surface area contributed by atoms with Gasteiger partial charge in [0, 0.05) is 12.7 Å². The van der Waals surface area contributed by atoms with E-state index in [4.69, 9.17) is 10.00 Å². The molecular formula is C14H14N6O2. The van der Waals surface area contributed by atoms with Crippen LogP contribution in [-0.4, -0.2) is 28.2 Å². The zero-order valence-corrected chi connectivity index (χ0v) is 11.8. The molecule has 0 unspecified atom stereocenters. The SMILES string of the molecule is COc1ccc(CNC(=O)/C(C#N)=C\Nc2ncn[nH]2)cc1. The lowest BCUT2D eigenvalue weighted by Gasteiger charge is -2.05. The van der Waals surface area contributed by atoms with E-state index in [1.54, 1.807) is 19.2 Å². The van der Waals surface area contributed by atoms with Gasteiger partial charge in [-0.1, -0.05) is 12.1 Å². The molecule has 0 aliphatic carbocycles. The van der Waals surface area contributed by atoms with Crippen LogP contribution in [0, 0.1) is 11.3 Å². The van der Waals surface area contributed by atoms with E-state index in [0.29, 0.717) is 12.5 Å². The Bertz CT molecular complexity index is 685. The van der Waals surface area contributed by atoms with E-state index >= 15 is 0 Å². The maximum absolute atomic E-state index is 11.9. The summed E-state index contributed by atoms with van der Waals surface area (Å²) in [6.45, 7) is 0.310. The van der Waals surface area contributed by atoms with Crippen LogP contribution < -0.4 is 15.4 Å². The number of hydrogen-bond acceptors (Lipinski definition) is 6. The number of aromatic nitrogens is 3. The first kappa shape index (κ1) is 15.1. The molecule has 1 aromatic heterocycles. The van der Waals surface area contributed by atoms with E-state index in [9.17, 15) is 4.79 Å². The monoisotopic (exact) mass is 298 g/mol. The van der Waals surface area contributed by atoms with Gasteiger partial charge in [-0.25, -0.2) is 5.10 Å². The molecule has 0 spiro atoms. The summed E-state index contributed by atoms with van der Waals surface area (Å²) in [6, 6.07) is 9.09. The summed E-state index contributed by atoms with van der Waals surface area (Å²) >= 11 is 0. The van der Waals surface area contributed by atoms with Crippen LogP contribution in [0.2, 0.25) is 0 Å². The van der Waals surface area contributed by atoms with Gasteiger partial charge in [-0.3, -0.25) is 4.79 Å². The number of aromatic amines is 1. The Morgan fingerprint density at radius 3 is 2.82 bits per heavy atom. The number of nitrogens with zero attached hydrogens (tertiary/aromatic N) is 3. The van der Waals surface area contributed by atoms with Crippen molar-refractivity contribution in [3.8, 4) is 11.8 Å². The molecule has 1 amide bonds. The molecule has 0 saturated carbocycles. The standard InChI is InChI=1S/C14H14N6O2/c1-22-12-4-2-10(3-5-12)7-16-13(21)11(6-15)8-17-14-18-9-19-20-14/h2-5,8-9H,7H2,1H3,(H,16,21)(H2,17,18,19,20)/b11-8-. The molecule has 3 N–H and O–H groups in total. The van der Waals surface area contributed by atoms with E-state index in [-0.39, 0.29) is 5.57 Å². The number of hydrogen-bond donors (Lipinski definition) is 3. The third-order valence-electron chi connectivity index (χ3n) is 2.75. The largest absolute Gasteiger partial charge is 0.497 e. The lowest BCUT2D eigenvalue weighted by molar-refractivity contribution is -0.117. The second-order valence-corrected chi connectivity index (χ2v) is 4.18. The number of methoxy groups -OCH3 is 1. The van der Waals surface area contributed by atoms with Crippen LogP contribution in [0.3, 0.4) is 0 Å². The van der Waals surface area contributed by atoms with Crippen LogP contribution >= 0.6 is 0 Å². The van der Waals surface area contributed by atoms with Crippen molar-refractivity contribution in [1.82, 2.24) is 20.5 Å². The van der Waals surface area contributed by atoms with Crippen molar-refractivity contribution >= 4 is 11.9 Å². The van der Waals surface area contributed by atoms with Crippen molar-refractivity contribution in [3.05, 3.63) is 47.9 Å². The molecule has 0 fully saturated rings. The fourth-order valence-electron chi connectivity index (χ4n) is 1.59. The molecule has 112 valence electrons. The molecule has 0 bridgehead atoms. The van der Waals surface area contributed by atoms with Crippen molar-refractivity contribution in [3.63, 3.8) is 0 Å². The Morgan fingerprint density at radius 2 is 2.23 bits per heavy atom. The number of benzene rings is 1. The molecular weight excluding hydrogens is 284 g/mol. The molecule has 1 aromatic carbocycles. The van der Waals surface area contributed by atoms with Gasteiger partial charge in [0.2, 0.25) is 5.95 Å². The second kappa shape index (κ2) is 7.44. The molecule has 1 heterocycles. The first-order chi connectivity index (χ1) is 10.7. The fourth-order valence-corrected chi connectivity index (χ4v) is 1.59. The van der Waals surface area contributed by atoms with E-state index < -0.39 is 5.91 Å². The van der Waals surface area contributed by atoms with E-state index in [1.165, 1.54) is 12.5 Å². The summed E-state index contributed by atoms with van der Waals surface area (Å²) in [5, 5.41) is 20.5. The maximum Gasteiger partial charge on any atom is 0.263 e. The summed E-state index contributed by atoms with van der Waals surface area (Å²) in [4.78, 5) is 15.7. The molecule has 0 saturated heterocycles. The second-order valence-electron chi connectivity index (χ2n) is 4.18. The van der Waals surface area contributed by atoms with Crippen molar-refractivity contribution < 1.29 is 9.53 Å². The van der Waals surface area contributed by atoms with Crippen LogP contribution in [0.5, 0.6) is 5.75 Å². The highest BCUT2D eigenvalue weighted by atomic mass is 16.5. The number of carbonyl (C=O) groups excluding carboxylic acids is 1. The summed E-state index contributed by atoms with van der Waals surface area (Å²) in [5.41, 5.74) is 0.833. The van der Waals surface area contributed by atoms with Crippen LogP contribution in [-0.2, 0) is 11.3 Å². The highest BCUT2D eigenvalue weighted by Crippen LogP contribution is 2.11. The summed E-state index contributed by atoms with van der Waals surface area (Å²) in [7, 11) is 1.59. The Labute approximate surface area is 126 Å². The number of carbonyl (C=O) groups is 1. The number of anilines is 1. The summed E-state index contributed by atoms with van der Waals surface area (Å²) < 4.78 is 5.06. The Morgan fingerprint density at radius 1 is 1.45 bits per heavy atom. The first-order valence-corrected chi connectivity index (χ1v) is 6.36. The van der Waals surface area contributed by atoms with E-state index in [2.05, 4.69) is 25.8 Å². The average molecular weight is 298 g/mol. The van der Waals surface area contributed by atoms with Gasteiger partial charge in [0.25, 0.3) is 5.91 Å². The number of H-pyrrole nitrogens is 1. The van der Waals surface area contributed by atoms with E-state index in [1.807, 2.05) is 18.2 Å². The van der Waals surface area contributed by atoms with Crippen molar-refractivity contribution in [2.45, 2.75) is 6.54 Å². The number of ether oxygens (including phenoxy) is 1. The third kappa shape index (κ3) is 4.08. The number of amides is 1. The van der Waals surface area contributed by atoms with Gasteiger partial charge in [0.15, 0.2) is 0 Å². The van der Waals surface area contributed by atoms with Gasteiger partial charge in [-0.15, -0.1) is 0 Å². The molecule has 0 aliphatic heterocycles. The fraction of sp³-hybridized carbons (Fsp3) is 0.143. The van der Waals surface area contributed by atoms with Gasteiger partial charge in [0.05, 0.1) is 7.11 Å². The van der Waals surface area contributed by atoms with Crippen LogP contribution in [0.25, 0.3) is 0 Å². The minimum Gasteiger partial charge on any atom is -0.497 e. The maximum atomic E-state index is 11.9. The van der Waals surface area contributed by atoms with Crippen LogP contribution in [0.4, 0.5) is 5.95 Å². The lowest BCUT2D eigenvalue weighted by Crippen LogP contribution is -2.24. The summed E-state index contributed by atoms with van der Waals surface area (Å²) in [6.07, 6.45) is 2.58. The van der Waals surface area contributed by atoms with Crippen molar-refractivity contribution in [2.24, 2.45) is 0 Å². The summed E-state index contributed by atoms with van der Waals surface area (Å²) in [5.74, 6) is 0.602. The number of nitriles is 1.